The lowest BCUT2D eigenvalue weighted by atomic mass is 10.2. The van der Waals surface area contributed by atoms with Crippen molar-refractivity contribution in [2.75, 3.05) is 6.61 Å². The zero-order valence-corrected chi connectivity index (χ0v) is 11.3. The first-order chi connectivity index (χ1) is 8.55. The number of alkyl halides is 3. The Hall–Kier alpha value is -0.820. The molecule has 1 fully saturated rings. The fraction of sp³-hybridized carbons (Fsp3) is 0.917. The highest BCUT2D eigenvalue weighted by molar-refractivity contribution is 5.71. The SMILES string of the molecule is CC(C)(C)OC(=O)COC1CCC(OC(F)(F)F)C1. The lowest BCUT2D eigenvalue weighted by Crippen LogP contribution is -2.28. The predicted octanol–water partition coefficient (Wildman–Crippen LogP) is 2.80. The van der Waals surface area contributed by atoms with E-state index < -0.39 is 24.0 Å². The van der Waals surface area contributed by atoms with Crippen molar-refractivity contribution in [1.82, 2.24) is 0 Å². The van der Waals surface area contributed by atoms with Gasteiger partial charge >= 0.3 is 12.3 Å². The van der Waals surface area contributed by atoms with Crippen molar-refractivity contribution < 1.29 is 32.2 Å². The van der Waals surface area contributed by atoms with E-state index in [1.54, 1.807) is 20.8 Å². The third-order valence-corrected chi connectivity index (χ3v) is 2.49. The molecule has 2 unspecified atom stereocenters. The summed E-state index contributed by atoms with van der Waals surface area (Å²) in [4.78, 5) is 11.4. The molecule has 0 aromatic carbocycles. The normalized spacial score (nSPS) is 24.5. The molecule has 4 nitrogen and oxygen atoms in total. The van der Waals surface area contributed by atoms with Crippen molar-refractivity contribution in [1.29, 1.82) is 0 Å². The van der Waals surface area contributed by atoms with Crippen molar-refractivity contribution in [3.8, 4) is 0 Å². The molecule has 1 rings (SSSR count). The molecule has 1 aliphatic carbocycles. The van der Waals surface area contributed by atoms with Crippen LogP contribution >= 0.6 is 0 Å². The van der Waals surface area contributed by atoms with Gasteiger partial charge in [-0.15, -0.1) is 13.2 Å². The second-order valence-electron chi connectivity index (χ2n) is 5.52. The Kier molecular flexibility index (Phi) is 5.20. The summed E-state index contributed by atoms with van der Waals surface area (Å²) in [5, 5.41) is 0. The van der Waals surface area contributed by atoms with Crippen LogP contribution in [0.2, 0.25) is 0 Å². The average Bonchev–Trinajstić information content (AvgIpc) is 2.57. The fourth-order valence-electron chi connectivity index (χ4n) is 1.90. The number of rotatable bonds is 4. The monoisotopic (exact) mass is 284 g/mol. The highest BCUT2D eigenvalue weighted by Crippen LogP contribution is 2.30. The molecule has 2 atom stereocenters. The van der Waals surface area contributed by atoms with Crippen molar-refractivity contribution in [3.05, 3.63) is 0 Å². The molecule has 0 N–H and O–H groups in total. The second kappa shape index (κ2) is 6.09. The Morgan fingerprint density at radius 3 is 2.26 bits per heavy atom. The van der Waals surface area contributed by atoms with Crippen molar-refractivity contribution >= 4 is 5.97 Å². The summed E-state index contributed by atoms with van der Waals surface area (Å²) in [7, 11) is 0. The number of esters is 1. The van der Waals surface area contributed by atoms with Gasteiger partial charge in [-0.3, -0.25) is 4.74 Å². The molecule has 19 heavy (non-hydrogen) atoms. The van der Waals surface area contributed by atoms with Crippen molar-refractivity contribution in [2.24, 2.45) is 0 Å². The van der Waals surface area contributed by atoms with Crippen LogP contribution in [0.4, 0.5) is 13.2 Å². The fourth-order valence-corrected chi connectivity index (χ4v) is 1.90. The predicted molar refractivity (Wildman–Crippen MR) is 60.4 cm³/mol. The Bertz CT molecular complexity index is 309. The largest absolute Gasteiger partial charge is 0.522 e. The van der Waals surface area contributed by atoms with Gasteiger partial charge in [0, 0.05) is 6.42 Å². The van der Waals surface area contributed by atoms with Gasteiger partial charge in [0.25, 0.3) is 0 Å². The zero-order chi connectivity index (χ0) is 14.7. The Morgan fingerprint density at radius 1 is 1.16 bits per heavy atom. The summed E-state index contributed by atoms with van der Waals surface area (Å²) in [6, 6.07) is 0. The van der Waals surface area contributed by atoms with E-state index in [1.165, 1.54) is 0 Å². The summed E-state index contributed by atoms with van der Waals surface area (Å²) >= 11 is 0. The van der Waals surface area contributed by atoms with Crippen LogP contribution in [-0.2, 0) is 19.0 Å². The van der Waals surface area contributed by atoms with E-state index in [4.69, 9.17) is 9.47 Å². The first-order valence-corrected chi connectivity index (χ1v) is 6.13. The molecular formula is C12H19F3O4. The molecule has 0 amide bonds. The third-order valence-electron chi connectivity index (χ3n) is 2.49. The summed E-state index contributed by atoms with van der Waals surface area (Å²) in [5.74, 6) is -0.521. The molecular weight excluding hydrogens is 265 g/mol. The van der Waals surface area contributed by atoms with Gasteiger partial charge in [0.2, 0.25) is 0 Å². The minimum Gasteiger partial charge on any atom is -0.458 e. The molecule has 1 saturated carbocycles. The molecule has 0 aromatic heterocycles. The minimum atomic E-state index is -4.62. The second-order valence-corrected chi connectivity index (χ2v) is 5.52. The van der Waals surface area contributed by atoms with Crippen LogP contribution in [-0.4, -0.2) is 36.7 Å². The van der Waals surface area contributed by atoms with Crippen LogP contribution in [0.5, 0.6) is 0 Å². The number of halogens is 3. The van der Waals surface area contributed by atoms with E-state index in [9.17, 15) is 18.0 Å². The summed E-state index contributed by atoms with van der Waals surface area (Å²) in [5.41, 5.74) is -0.599. The van der Waals surface area contributed by atoms with Gasteiger partial charge in [-0.1, -0.05) is 0 Å². The molecule has 0 bridgehead atoms. The summed E-state index contributed by atoms with van der Waals surface area (Å²) in [6.45, 7) is 4.94. The zero-order valence-electron chi connectivity index (χ0n) is 11.3. The van der Waals surface area contributed by atoms with E-state index in [0.29, 0.717) is 6.42 Å². The van der Waals surface area contributed by atoms with Gasteiger partial charge in [-0.2, -0.15) is 0 Å². The smallest absolute Gasteiger partial charge is 0.458 e. The molecule has 0 saturated heterocycles. The van der Waals surface area contributed by atoms with E-state index in [0.717, 1.165) is 0 Å². The Morgan fingerprint density at radius 2 is 1.74 bits per heavy atom. The number of hydrogen-bond donors (Lipinski definition) is 0. The topological polar surface area (TPSA) is 44.8 Å². The Labute approximate surface area is 110 Å². The maximum Gasteiger partial charge on any atom is 0.522 e. The molecule has 0 spiro atoms. The minimum absolute atomic E-state index is 0.141. The first kappa shape index (κ1) is 16.2. The van der Waals surface area contributed by atoms with E-state index in [-0.39, 0.29) is 25.6 Å². The Balaban J connectivity index is 2.24. The van der Waals surface area contributed by atoms with Gasteiger partial charge in [0.05, 0.1) is 12.2 Å². The van der Waals surface area contributed by atoms with Crippen LogP contribution in [0.1, 0.15) is 40.0 Å². The summed E-state index contributed by atoms with van der Waals surface area (Å²) < 4.78 is 50.2. The molecule has 112 valence electrons. The van der Waals surface area contributed by atoms with Gasteiger partial charge in [-0.05, 0) is 33.6 Å². The van der Waals surface area contributed by atoms with E-state index >= 15 is 0 Å². The first-order valence-electron chi connectivity index (χ1n) is 6.13. The molecule has 7 heteroatoms. The molecule has 1 aliphatic rings. The lowest BCUT2D eigenvalue weighted by Gasteiger charge is -2.20. The number of carbonyl (C=O) groups is 1. The number of carbonyl (C=O) groups excluding carboxylic acids is 1. The molecule has 0 radical (unpaired) electrons. The maximum absolute atomic E-state index is 12.0. The molecule has 0 aliphatic heterocycles. The summed E-state index contributed by atoms with van der Waals surface area (Å²) in [6.07, 6.45) is -5.03. The number of hydrogen-bond acceptors (Lipinski definition) is 4. The standard InChI is InChI=1S/C12H19F3O4/c1-11(2,3)19-10(16)7-17-8-4-5-9(6-8)18-12(13,14)15/h8-9H,4-7H2,1-3H3. The number of ether oxygens (including phenoxy) is 3. The van der Waals surface area contributed by atoms with Gasteiger partial charge in [0.1, 0.15) is 12.2 Å². The average molecular weight is 284 g/mol. The van der Waals surface area contributed by atoms with E-state index in [1.807, 2.05) is 0 Å². The van der Waals surface area contributed by atoms with Crippen LogP contribution in [0.3, 0.4) is 0 Å². The van der Waals surface area contributed by atoms with Crippen LogP contribution in [0, 0.1) is 0 Å². The van der Waals surface area contributed by atoms with Crippen molar-refractivity contribution in [3.63, 3.8) is 0 Å². The van der Waals surface area contributed by atoms with Crippen LogP contribution in [0.25, 0.3) is 0 Å². The third kappa shape index (κ3) is 7.37. The van der Waals surface area contributed by atoms with E-state index in [2.05, 4.69) is 4.74 Å². The van der Waals surface area contributed by atoms with Gasteiger partial charge in [-0.25, -0.2) is 4.79 Å². The van der Waals surface area contributed by atoms with Gasteiger partial charge < -0.3 is 9.47 Å². The van der Waals surface area contributed by atoms with Crippen LogP contribution in [0.15, 0.2) is 0 Å². The lowest BCUT2D eigenvalue weighted by molar-refractivity contribution is -0.342. The molecule has 0 aromatic rings. The quantitative estimate of drug-likeness (QED) is 0.745. The van der Waals surface area contributed by atoms with Crippen LogP contribution < -0.4 is 0 Å². The maximum atomic E-state index is 12.0. The molecule has 0 heterocycles. The van der Waals surface area contributed by atoms with Crippen molar-refractivity contribution in [2.45, 2.75) is 64.2 Å². The highest BCUT2D eigenvalue weighted by Gasteiger charge is 2.37. The highest BCUT2D eigenvalue weighted by atomic mass is 19.4. The van der Waals surface area contributed by atoms with Gasteiger partial charge in [0.15, 0.2) is 0 Å².